The van der Waals surface area contributed by atoms with Crippen LogP contribution in [0.2, 0.25) is 5.15 Å². The normalized spacial score (nSPS) is 11.0. The number of methoxy groups -OCH3 is 1. The van der Waals surface area contributed by atoms with Crippen LogP contribution < -0.4 is 0 Å². The first-order valence-corrected chi connectivity index (χ1v) is 7.40. The Labute approximate surface area is 130 Å². The van der Waals surface area contributed by atoms with Crippen LogP contribution in [0, 0.1) is 13.8 Å². The van der Waals surface area contributed by atoms with E-state index >= 15 is 0 Å². The molecule has 3 rings (SSSR count). The summed E-state index contributed by atoms with van der Waals surface area (Å²) in [5.74, 6) is -0.486. The van der Waals surface area contributed by atoms with E-state index in [1.165, 1.54) is 29.6 Å². The number of carbonyl (C=O) groups is 1. The number of benzene rings is 1. The topological polar surface area (TPSA) is 57.0 Å². The smallest absolute Gasteiger partial charge is 0.351 e. The lowest BCUT2D eigenvalue weighted by Crippen LogP contribution is -1.98. The number of aromatic nitrogens is 3. The number of rotatable bonds is 2. The number of fused-ring (bicyclic) bond motifs is 1. The van der Waals surface area contributed by atoms with E-state index in [9.17, 15) is 4.79 Å². The molecule has 5 nitrogen and oxygen atoms in total. The molecule has 0 aliphatic heterocycles. The SMILES string of the molecule is COC(=O)c1sc(-n2cnc3cc(C)c(C)cc32)nc1Cl. The molecule has 0 bridgehead atoms. The highest BCUT2D eigenvalue weighted by Gasteiger charge is 2.19. The number of hydrogen-bond acceptors (Lipinski definition) is 5. The average Bonchev–Trinajstić information content (AvgIpc) is 3.02. The van der Waals surface area contributed by atoms with Gasteiger partial charge in [-0.3, -0.25) is 4.57 Å². The van der Waals surface area contributed by atoms with E-state index in [1.54, 1.807) is 6.33 Å². The minimum atomic E-state index is -0.486. The first-order valence-electron chi connectivity index (χ1n) is 6.20. The van der Waals surface area contributed by atoms with Gasteiger partial charge in [0.1, 0.15) is 6.33 Å². The third kappa shape index (κ3) is 2.30. The van der Waals surface area contributed by atoms with Gasteiger partial charge >= 0.3 is 5.97 Å². The van der Waals surface area contributed by atoms with Crippen LogP contribution in [-0.4, -0.2) is 27.6 Å². The summed E-state index contributed by atoms with van der Waals surface area (Å²) in [6.45, 7) is 4.09. The molecule has 0 aliphatic carbocycles. The third-order valence-corrected chi connectivity index (χ3v) is 4.73. The summed E-state index contributed by atoms with van der Waals surface area (Å²) in [6.07, 6.45) is 1.68. The van der Waals surface area contributed by atoms with Crippen molar-refractivity contribution in [2.24, 2.45) is 0 Å². The number of imidazole rings is 1. The third-order valence-electron chi connectivity index (χ3n) is 3.31. The molecule has 1 aromatic carbocycles. The molecule has 7 heteroatoms. The van der Waals surface area contributed by atoms with Crippen molar-refractivity contribution in [1.29, 1.82) is 0 Å². The van der Waals surface area contributed by atoms with Crippen molar-refractivity contribution in [3.8, 4) is 5.13 Å². The lowest BCUT2D eigenvalue weighted by atomic mass is 10.1. The molecule has 0 atom stereocenters. The molecule has 0 radical (unpaired) electrons. The highest BCUT2D eigenvalue weighted by molar-refractivity contribution is 7.16. The van der Waals surface area contributed by atoms with Gasteiger partial charge in [-0.05, 0) is 37.1 Å². The predicted octanol–water partition coefficient (Wildman–Crippen LogP) is 3.54. The first kappa shape index (κ1) is 14.0. The summed E-state index contributed by atoms with van der Waals surface area (Å²) >= 11 is 7.19. The molecule has 0 saturated carbocycles. The summed E-state index contributed by atoms with van der Waals surface area (Å²) in [5.41, 5.74) is 4.16. The Kier molecular flexibility index (Phi) is 3.43. The van der Waals surface area contributed by atoms with Gasteiger partial charge < -0.3 is 4.74 Å². The minimum absolute atomic E-state index is 0.146. The molecule has 0 saturated heterocycles. The zero-order chi connectivity index (χ0) is 15.1. The molecule has 0 aliphatic rings. The molecule has 3 aromatic rings. The van der Waals surface area contributed by atoms with Crippen molar-refractivity contribution in [3.63, 3.8) is 0 Å². The Hall–Kier alpha value is -1.92. The van der Waals surface area contributed by atoms with Gasteiger partial charge in [-0.25, -0.2) is 14.8 Å². The molecular formula is C14H12ClN3O2S. The van der Waals surface area contributed by atoms with Crippen LogP contribution in [0.1, 0.15) is 20.8 Å². The van der Waals surface area contributed by atoms with E-state index in [0.29, 0.717) is 10.0 Å². The van der Waals surface area contributed by atoms with Crippen molar-refractivity contribution in [1.82, 2.24) is 14.5 Å². The fourth-order valence-corrected chi connectivity index (χ4v) is 3.21. The van der Waals surface area contributed by atoms with Crippen LogP contribution in [0.25, 0.3) is 16.2 Å². The van der Waals surface area contributed by atoms with Gasteiger partial charge in [-0.1, -0.05) is 22.9 Å². The van der Waals surface area contributed by atoms with Crippen molar-refractivity contribution >= 4 is 39.9 Å². The number of ether oxygens (including phenoxy) is 1. The van der Waals surface area contributed by atoms with Crippen molar-refractivity contribution < 1.29 is 9.53 Å². The fraction of sp³-hybridized carbons (Fsp3) is 0.214. The average molecular weight is 322 g/mol. The monoisotopic (exact) mass is 321 g/mol. The van der Waals surface area contributed by atoms with Gasteiger partial charge in [0.25, 0.3) is 0 Å². The zero-order valence-electron chi connectivity index (χ0n) is 11.7. The number of hydrogen-bond donors (Lipinski definition) is 0. The maximum atomic E-state index is 11.6. The summed E-state index contributed by atoms with van der Waals surface area (Å²) in [6, 6.07) is 4.07. The summed E-state index contributed by atoms with van der Waals surface area (Å²) in [4.78, 5) is 20.5. The highest BCUT2D eigenvalue weighted by Crippen LogP contribution is 2.29. The van der Waals surface area contributed by atoms with Gasteiger partial charge in [0, 0.05) is 0 Å². The van der Waals surface area contributed by atoms with Crippen LogP contribution in [0.4, 0.5) is 0 Å². The largest absolute Gasteiger partial charge is 0.465 e. The second kappa shape index (κ2) is 5.13. The summed E-state index contributed by atoms with van der Waals surface area (Å²) in [5, 5.41) is 0.735. The van der Waals surface area contributed by atoms with E-state index in [2.05, 4.69) is 9.97 Å². The molecule has 0 amide bonds. The Bertz CT molecular complexity index is 853. The zero-order valence-corrected chi connectivity index (χ0v) is 13.2. The predicted molar refractivity (Wildman–Crippen MR) is 82.6 cm³/mol. The van der Waals surface area contributed by atoms with Gasteiger partial charge in [-0.2, -0.15) is 0 Å². The molecular weight excluding hydrogens is 310 g/mol. The van der Waals surface area contributed by atoms with Crippen molar-refractivity contribution in [2.45, 2.75) is 13.8 Å². The minimum Gasteiger partial charge on any atom is -0.465 e. The fourth-order valence-electron chi connectivity index (χ4n) is 2.03. The quantitative estimate of drug-likeness (QED) is 0.677. The van der Waals surface area contributed by atoms with Gasteiger partial charge in [0.05, 0.1) is 18.1 Å². The van der Waals surface area contributed by atoms with Gasteiger partial charge in [0.2, 0.25) is 0 Å². The second-order valence-electron chi connectivity index (χ2n) is 4.65. The number of halogens is 1. The van der Waals surface area contributed by atoms with Crippen molar-refractivity contribution in [3.05, 3.63) is 39.6 Å². The van der Waals surface area contributed by atoms with Gasteiger partial charge in [-0.15, -0.1) is 0 Å². The molecule has 0 fully saturated rings. The number of esters is 1. The molecule has 21 heavy (non-hydrogen) atoms. The number of carbonyl (C=O) groups excluding carboxylic acids is 1. The molecule has 0 unspecified atom stereocenters. The lowest BCUT2D eigenvalue weighted by molar-refractivity contribution is 0.0606. The van der Waals surface area contributed by atoms with E-state index in [4.69, 9.17) is 16.3 Å². The maximum absolute atomic E-state index is 11.6. The number of nitrogens with zero attached hydrogens (tertiary/aromatic N) is 3. The standard InChI is InChI=1S/C14H12ClN3O2S/c1-7-4-9-10(5-8(7)2)18(6-16-9)14-17-12(15)11(21-14)13(19)20-3/h4-6H,1-3H3. The maximum Gasteiger partial charge on any atom is 0.351 e. The Morgan fingerprint density at radius 1 is 1.33 bits per heavy atom. The Balaban J connectivity index is 2.17. The summed E-state index contributed by atoms with van der Waals surface area (Å²) < 4.78 is 6.52. The molecule has 108 valence electrons. The van der Waals surface area contributed by atoms with Crippen LogP contribution in [0.3, 0.4) is 0 Å². The van der Waals surface area contributed by atoms with Crippen LogP contribution in [-0.2, 0) is 4.74 Å². The number of aryl methyl sites for hydroxylation is 2. The van der Waals surface area contributed by atoms with Crippen LogP contribution >= 0.6 is 22.9 Å². The summed E-state index contributed by atoms with van der Waals surface area (Å²) in [7, 11) is 1.32. The van der Waals surface area contributed by atoms with Crippen molar-refractivity contribution in [2.75, 3.05) is 7.11 Å². The lowest BCUT2D eigenvalue weighted by Gasteiger charge is -2.02. The van der Waals surface area contributed by atoms with E-state index in [-0.39, 0.29) is 5.15 Å². The van der Waals surface area contributed by atoms with Gasteiger partial charge in [0.15, 0.2) is 15.2 Å². The molecule has 0 N–H and O–H groups in total. The Morgan fingerprint density at radius 3 is 2.76 bits per heavy atom. The first-order chi connectivity index (χ1) is 10.0. The number of thiazole rings is 1. The van der Waals surface area contributed by atoms with E-state index < -0.39 is 5.97 Å². The molecule has 2 aromatic heterocycles. The van der Waals surface area contributed by atoms with Crippen LogP contribution in [0.15, 0.2) is 18.5 Å². The highest BCUT2D eigenvalue weighted by atomic mass is 35.5. The van der Waals surface area contributed by atoms with E-state index in [1.807, 2.05) is 30.5 Å². The second-order valence-corrected chi connectivity index (χ2v) is 5.98. The van der Waals surface area contributed by atoms with E-state index in [0.717, 1.165) is 11.0 Å². The van der Waals surface area contributed by atoms with Crippen LogP contribution in [0.5, 0.6) is 0 Å². The molecule has 2 heterocycles. The Morgan fingerprint density at radius 2 is 2.05 bits per heavy atom. The molecule has 0 spiro atoms.